The van der Waals surface area contributed by atoms with Crippen molar-refractivity contribution in [3.63, 3.8) is 0 Å². The van der Waals surface area contributed by atoms with Gasteiger partial charge in [-0.05, 0) is 80.1 Å². The van der Waals surface area contributed by atoms with Gasteiger partial charge in [-0.3, -0.25) is 9.59 Å². The van der Waals surface area contributed by atoms with Crippen molar-refractivity contribution in [1.82, 2.24) is 10.2 Å². The molecule has 8 nitrogen and oxygen atoms in total. The summed E-state index contributed by atoms with van der Waals surface area (Å²) in [6.07, 6.45) is 1.43. The number of carbonyl (C=O) groups is 3. The van der Waals surface area contributed by atoms with E-state index in [-0.39, 0.29) is 23.6 Å². The number of aromatic hydroxyl groups is 1. The second-order valence-corrected chi connectivity index (χ2v) is 11.5. The van der Waals surface area contributed by atoms with Gasteiger partial charge in [0.15, 0.2) is 0 Å². The van der Waals surface area contributed by atoms with Crippen molar-refractivity contribution < 1.29 is 24.2 Å². The lowest BCUT2D eigenvalue weighted by molar-refractivity contribution is -0.142. The Balaban J connectivity index is 1.70. The van der Waals surface area contributed by atoms with Gasteiger partial charge in [0.1, 0.15) is 23.4 Å². The Hall–Kier alpha value is -4.07. The van der Waals surface area contributed by atoms with Crippen LogP contribution in [0, 0.1) is 5.92 Å². The maximum absolute atomic E-state index is 14.3. The predicted octanol–water partition coefficient (Wildman–Crippen LogP) is 6.16. The number of alkyl carbamates (subject to hydrolysis) is 1. The van der Waals surface area contributed by atoms with Crippen LogP contribution in [0.4, 0.5) is 10.5 Å². The van der Waals surface area contributed by atoms with Crippen molar-refractivity contribution in [2.75, 3.05) is 5.32 Å². The Morgan fingerprint density at radius 1 is 1.00 bits per heavy atom. The summed E-state index contributed by atoms with van der Waals surface area (Å²) in [6.45, 7) is 9.13. The Morgan fingerprint density at radius 3 is 2.33 bits per heavy atom. The third kappa shape index (κ3) is 7.11. The topological polar surface area (TPSA) is 108 Å². The molecule has 0 bridgehead atoms. The molecule has 0 radical (unpaired) electrons. The minimum Gasteiger partial charge on any atom is -0.508 e. The van der Waals surface area contributed by atoms with Gasteiger partial charge in [0.2, 0.25) is 5.91 Å². The van der Waals surface area contributed by atoms with E-state index in [4.69, 9.17) is 4.74 Å². The van der Waals surface area contributed by atoms with E-state index < -0.39 is 29.7 Å². The van der Waals surface area contributed by atoms with Gasteiger partial charge in [-0.25, -0.2) is 4.79 Å². The number of benzene rings is 3. The molecule has 1 fully saturated rings. The van der Waals surface area contributed by atoms with E-state index in [1.165, 1.54) is 12.1 Å². The van der Waals surface area contributed by atoms with E-state index in [2.05, 4.69) is 10.6 Å². The Morgan fingerprint density at radius 2 is 1.70 bits per heavy atom. The predicted molar refractivity (Wildman–Crippen MR) is 156 cm³/mol. The highest BCUT2D eigenvalue weighted by molar-refractivity contribution is 6.00. The highest BCUT2D eigenvalue weighted by Gasteiger charge is 2.45. The van der Waals surface area contributed by atoms with Gasteiger partial charge in [0, 0.05) is 11.7 Å². The summed E-state index contributed by atoms with van der Waals surface area (Å²) in [5, 5.41) is 18.1. The first-order valence-corrected chi connectivity index (χ1v) is 13.9. The molecular formula is C32H39N3O5. The molecule has 0 aromatic heterocycles. The first-order valence-electron chi connectivity index (χ1n) is 13.9. The van der Waals surface area contributed by atoms with Crippen molar-refractivity contribution in [1.29, 1.82) is 0 Å². The van der Waals surface area contributed by atoms with Crippen LogP contribution in [-0.4, -0.2) is 45.6 Å². The average molecular weight is 546 g/mol. The first kappa shape index (κ1) is 28.9. The summed E-state index contributed by atoms with van der Waals surface area (Å²) in [5.41, 5.74) is 0.355. The van der Waals surface area contributed by atoms with Crippen molar-refractivity contribution in [3.05, 3.63) is 72.3 Å². The zero-order valence-electron chi connectivity index (χ0n) is 23.8. The number of hydrogen-bond donors (Lipinski definition) is 3. The van der Waals surface area contributed by atoms with Crippen LogP contribution < -0.4 is 10.6 Å². The maximum Gasteiger partial charge on any atom is 0.408 e. The van der Waals surface area contributed by atoms with Gasteiger partial charge >= 0.3 is 6.09 Å². The molecule has 0 spiro atoms. The zero-order chi connectivity index (χ0) is 29.0. The number of phenolic OH excluding ortho intramolecular Hbond substituents is 1. The zero-order valence-corrected chi connectivity index (χ0v) is 23.8. The summed E-state index contributed by atoms with van der Waals surface area (Å²) in [6, 6.07) is 17.8. The molecule has 1 saturated carbocycles. The van der Waals surface area contributed by atoms with Gasteiger partial charge in [0.25, 0.3) is 5.91 Å². The fraction of sp³-hybridized carbons (Fsp3) is 0.406. The SMILES string of the molecule is CCC(C)C(NC(=O)OC(C)(C)C)C(=O)N(C1CC1)C(C(=O)Nc1ccc2ccccc2c1)c1cccc(O)c1. The molecule has 0 heterocycles. The van der Waals surface area contributed by atoms with E-state index >= 15 is 0 Å². The fourth-order valence-electron chi connectivity index (χ4n) is 4.76. The van der Waals surface area contributed by atoms with E-state index in [9.17, 15) is 19.5 Å². The summed E-state index contributed by atoms with van der Waals surface area (Å²) >= 11 is 0. The molecule has 1 aliphatic carbocycles. The summed E-state index contributed by atoms with van der Waals surface area (Å²) < 4.78 is 5.46. The Kier molecular flexibility index (Phi) is 8.67. The molecule has 4 rings (SSSR count). The minimum absolute atomic E-state index is 0.00504. The number of carbonyl (C=O) groups excluding carboxylic acids is 3. The molecule has 3 unspecified atom stereocenters. The largest absolute Gasteiger partial charge is 0.508 e. The van der Waals surface area contributed by atoms with Crippen LogP contribution >= 0.6 is 0 Å². The maximum atomic E-state index is 14.3. The van der Waals surface area contributed by atoms with Crippen LogP contribution in [0.25, 0.3) is 10.8 Å². The molecule has 3 aromatic carbocycles. The number of fused-ring (bicyclic) bond motifs is 1. The molecule has 1 aliphatic rings. The van der Waals surface area contributed by atoms with E-state index in [1.54, 1.807) is 37.8 Å². The van der Waals surface area contributed by atoms with Gasteiger partial charge in [-0.2, -0.15) is 0 Å². The highest BCUT2D eigenvalue weighted by Crippen LogP contribution is 2.37. The summed E-state index contributed by atoms with van der Waals surface area (Å²) in [7, 11) is 0. The average Bonchev–Trinajstić information content (AvgIpc) is 3.73. The number of phenols is 1. The molecule has 0 saturated heterocycles. The lowest BCUT2D eigenvalue weighted by Gasteiger charge is -2.36. The number of ether oxygens (including phenoxy) is 1. The molecule has 8 heteroatoms. The number of nitrogens with zero attached hydrogens (tertiary/aromatic N) is 1. The van der Waals surface area contributed by atoms with Crippen LogP contribution in [-0.2, 0) is 14.3 Å². The Bertz CT molecular complexity index is 1380. The minimum atomic E-state index is -1.02. The standard InChI is InChI=1S/C32H39N3O5/c1-6-20(2)27(34-31(39)40-32(3,4)5)30(38)35(25-16-17-25)28(23-12-9-13-26(36)19-23)29(37)33-24-15-14-21-10-7-8-11-22(21)18-24/h7-15,18-20,25,27-28,36H,6,16-17H2,1-5H3,(H,33,37)(H,34,39). The Labute approximate surface area is 235 Å². The first-order chi connectivity index (χ1) is 19.0. The third-order valence-corrected chi connectivity index (χ3v) is 7.08. The molecule has 212 valence electrons. The number of nitrogens with one attached hydrogen (secondary N) is 2. The summed E-state index contributed by atoms with van der Waals surface area (Å²) in [5.74, 6) is -0.977. The van der Waals surface area contributed by atoms with E-state index in [0.29, 0.717) is 17.7 Å². The number of amides is 3. The van der Waals surface area contributed by atoms with Crippen molar-refractivity contribution in [2.24, 2.45) is 5.92 Å². The van der Waals surface area contributed by atoms with E-state index in [0.717, 1.165) is 23.6 Å². The molecule has 3 N–H and O–H groups in total. The molecule has 40 heavy (non-hydrogen) atoms. The van der Waals surface area contributed by atoms with Gasteiger partial charge in [-0.1, -0.05) is 62.7 Å². The molecular weight excluding hydrogens is 506 g/mol. The lowest BCUT2D eigenvalue weighted by atomic mass is 9.95. The molecule has 0 aliphatic heterocycles. The van der Waals surface area contributed by atoms with Crippen molar-refractivity contribution >= 4 is 34.4 Å². The molecule has 3 aromatic rings. The van der Waals surface area contributed by atoms with Gasteiger partial charge in [-0.15, -0.1) is 0 Å². The van der Waals surface area contributed by atoms with Crippen LogP contribution in [0.15, 0.2) is 66.7 Å². The number of rotatable bonds is 9. The van der Waals surface area contributed by atoms with Crippen LogP contribution in [0.2, 0.25) is 0 Å². The van der Waals surface area contributed by atoms with E-state index in [1.807, 2.05) is 56.3 Å². The van der Waals surface area contributed by atoms with Crippen LogP contribution in [0.5, 0.6) is 5.75 Å². The van der Waals surface area contributed by atoms with Crippen molar-refractivity contribution in [2.45, 2.75) is 77.6 Å². The normalized spacial score (nSPS) is 15.5. The highest BCUT2D eigenvalue weighted by atomic mass is 16.6. The lowest BCUT2D eigenvalue weighted by Crippen LogP contribution is -2.55. The second kappa shape index (κ2) is 12.0. The monoisotopic (exact) mass is 545 g/mol. The van der Waals surface area contributed by atoms with Gasteiger partial charge in [0.05, 0.1) is 0 Å². The molecule has 3 amide bonds. The molecule has 3 atom stereocenters. The van der Waals surface area contributed by atoms with Crippen LogP contribution in [0.1, 0.15) is 65.5 Å². The van der Waals surface area contributed by atoms with Crippen LogP contribution in [0.3, 0.4) is 0 Å². The van der Waals surface area contributed by atoms with Crippen molar-refractivity contribution in [3.8, 4) is 5.75 Å². The fourth-order valence-corrected chi connectivity index (χ4v) is 4.76. The number of hydrogen-bond acceptors (Lipinski definition) is 5. The second-order valence-electron chi connectivity index (χ2n) is 11.5. The van der Waals surface area contributed by atoms with Gasteiger partial charge < -0.3 is 25.4 Å². The summed E-state index contributed by atoms with van der Waals surface area (Å²) in [4.78, 5) is 42.6. The smallest absolute Gasteiger partial charge is 0.408 e. The quantitative estimate of drug-likeness (QED) is 0.299. The third-order valence-electron chi connectivity index (χ3n) is 7.08. The number of anilines is 1.